The fourth-order valence-electron chi connectivity index (χ4n) is 2.42. The molecule has 0 aliphatic heterocycles. The molecule has 0 aliphatic carbocycles. The summed E-state index contributed by atoms with van der Waals surface area (Å²) >= 11 is 0. The number of aromatic nitrogens is 2. The van der Waals surface area contributed by atoms with Gasteiger partial charge in [-0.15, -0.1) is 0 Å². The molecule has 0 spiro atoms. The van der Waals surface area contributed by atoms with Crippen molar-refractivity contribution in [3.05, 3.63) is 32.6 Å². The van der Waals surface area contributed by atoms with E-state index in [1.165, 1.54) is 15.7 Å². The van der Waals surface area contributed by atoms with Crippen molar-refractivity contribution >= 4 is 18.0 Å². The summed E-state index contributed by atoms with van der Waals surface area (Å²) in [5.74, 6) is -0.995. The Labute approximate surface area is 174 Å². The second-order valence-corrected chi connectivity index (χ2v) is 7.56. The number of hydrogen-bond acceptors (Lipinski definition) is 7. The molecule has 0 fully saturated rings. The van der Waals surface area contributed by atoms with E-state index in [1.807, 2.05) is 0 Å². The summed E-state index contributed by atoms with van der Waals surface area (Å²) in [6.45, 7) is 8.40. The van der Waals surface area contributed by atoms with Crippen molar-refractivity contribution in [1.29, 1.82) is 0 Å². The molecule has 2 amide bonds. The fourth-order valence-corrected chi connectivity index (χ4v) is 2.42. The summed E-state index contributed by atoms with van der Waals surface area (Å²) < 4.78 is 11.2. The minimum absolute atomic E-state index is 0.0219. The van der Waals surface area contributed by atoms with E-state index in [2.05, 4.69) is 10.3 Å². The SMILES string of the molecule is CCOC(=O)CN(CCNC(=O)OC(C)(C)C)C(=O)CCn1cc(C)c(=O)[nH]c1=O. The highest BCUT2D eigenvalue weighted by molar-refractivity contribution is 5.82. The van der Waals surface area contributed by atoms with E-state index in [-0.39, 0.29) is 39.2 Å². The van der Waals surface area contributed by atoms with E-state index in [1.54, 1.807) is 34.6 Å². The third-order valence-electron chi connectivity index (χ3n) is 3.78. The van der Waals surface area contributed by atoms with E-state index in [0.717, 1.165) is 0 Å². The van der Waals surface area contributed by atoms with Gasteiger partial charge in [-0.2, -0.15) is 0 Å². The highest BCUT2D eigenvalue weighted by Gasteiger charge is 2.20. The van der Waals surface area contributed by atoms with Crippen LogP contribution in [0.25, 0.3) is 0 Å². The molecule has 30 heavy (non-hydrogen) atoms. The molecule has 2 N–H and O–H groups in total. The first-order valence-electron chi connectivity index (χ1n) is 9.63. The molecule has 1 aromatic heterocycles. The molecule has 168 valence electrons. The molecule has 0 unspecified atom stereocenters. The molecule has 0 bridgehead atoms. The van der Waals surface area contributed by atoms with Crippen LogP contribution in [-0.2, 0) is 25.6 Å². The molecule has 0 saturated carbocycles. The topological polar surface area (TPSA) is 140 Å². The van der Waals surface area contributed by atoms with Gasteiger partial charge in [0.05, 0.1) is 6.61 Å². The third kappa shape index (κ3) is 8.93. The maximum Gasteiger partial charge on any atom is 0.407 e. The number of amides is 2. The lowest BCUT2D eigenvalue weighted by Gasteiger charge is -2.23. The standard InChI is InChI=1S/C19H30N4O7/c1-6-29-15(25)12-22(10-8-20-18(28)30-19(3,4)5)14(24)7-9-23-11-13(2)16(26)21-17(23)27/h11H,6-10,12H2,1-5H3,(H,20,28)(H,21,26,27). The fraction of sp³-hybridized carbons (Fsp3) is 0.632. The smallest absolute Gasteiger partial charge is 0.407 e. The highest BCUT2D eigenvalue weighted by Crippen LogP contribution is 2.06. The van der Waals surface area contributed by atoms with Crippen molar-refractivity contribution in [2.45, 2.75) is 53.2 Å². The van der Waals surface area contributed by atoms with Crippen molar-refractivity contribution in [3.8, 4) is 0 Å². The molecule has 11 heteroatoms. The second-order valence-electron chi connectivity index (χ2n) is 7.56. The summed E-state index contributed by atoms with van der Waals surface area (Å²) in [4.78, 5) is 62.9. The number of aryl methyl sites for hydroxylation is 2. The monoisotopic (exact) mass is 426 g/mol. The lowest BCUT2D eigenvalue weighted by Crippen LogP contribution is -2.43. The molecule has 1 heterocycles. The number of carbonyl (C=O) groups is 3. The van der Waals surface area contributed by atoms with Crippen LogP contribution in [0.1, 0.15) is 39.7 Å². The Balaban J connectivity index is 2.74. The number of H-pyrrole nitrogens is 1. The second kappa shape index (κ2) is 11.2. The molecule has 0 radical (unpaired) electrons. The Morgan fingerprint density at radius 1 is 1.23 bits per heavy atom. The molecule has 0 aliphatic rings. The average Bonchev–Trinajstić information content (AvgIpc) is 2.61. The zero-order chi connectivity index (χ0) is 22.9. The number of ether oxygens (including phenoxy) is 2. The zero-order valence-electron chi connectivity index (χ0n) is 18.1. The van der Waals surface area contributed by atoms with Gasteiger partial charge < -0.3 is 19.7 Å². The normalized spacial score (nSPS) is 11.0. The first-order valence-corrected chi connectivity index (χ1v) is 9.63. The molecule has 1 aromatic rings. The Hall–Kier alpha value is -3.11. The maximum atomic E-state index is 12.6. The van der Waals surface area contributed by atoms with Crippen LogP contribution < -0.4 is 16.6 Å². The van der Waals surface area contributed by atoms with Crippen molar-refractivity contribution < 1.29 is 23.9 Å². The van der Waals surface area contributed by atoms with Crippen LogP contribution in [-0.4, -0.2) is 64.3 Å². The van der Waals surface area contributed by atoms with Crippen molar-refractivity contribution in [1.82, 2.24) is 19.8 Å². The van der Waals surface area contributed by atoms with Crippen LogP contribution >= 0.6 is 0 Å². The predicted molar refractivity (Wildman–Crippen MR) is 108 cm³/mol. The number of alkyl carbamates (subject to hydrolysis) is 1. The summed E-state index contributed by atoms with van der Waals surface area (Å²) in [6.07, 6.45) is 0.645. The van der Waals surface area contributed by atoms with Crippen molar-refractivity contribution in [3.63, 3.8) is 0 Å². The number of hydrogen-bond donors (Lipinski definition) is 2. The summed E-state index contributed by atoms with van der Waals surface area (Å²) in [6, 6.07) is 0. The van der Waals surface area contributed by atoms with Gasteiger partial charge in [-0.05, 0) is 34.6 Å². The zero-order valence-corrected chi connectivity index (χ0v) is 18.1. The van der Waals surface area contributed by atoms with Crippen LogP contribution in [0.2, 0.25) is 0 Å². The van der Waals surface area contributed by atoms with Gasteiger partial charge in [0, 0.05) is 37.8 Å². The van der Waals surface area contributed by atoms with Crippen LogP contribution in [0.4, 0.5) is 4.79 Å². The van der Waals surface area contributed by atoms with Gasteiger partial charge >= 0.3 is 17.8 Å². The quantitative estimate of drug-likeness (QED) is 0.536. The Kier molecular flexibility index (Phi) is 9.28. The molecule has 11 nitrogen and oxygen atoms in total. The third-order valence-corrected chi connectivity index (χ3v) is 3.78. The van der Waals surface area contributed by atoms with Gasteiger partial charge in [-0.25, -0.2) is 9.59 Å². The van der Waals surface area contributed by atoms with Gasteiger partial charge in [-0.3, -0.25) is 23.9 Å². The van der Waals surface area contributed by atoms with Crippen LogP contribution in [0.15, 0.2) is 15.8 Å². The van der Waals surface area contributed by atoms with E-state index in [0.29, 0.717) is 5.56 Å². The molecule has 0 atom stereocenters. The number of rotatable bonds is 9. The Morgan fingerprint density at radius 2 is 1.90 bits per heavy atom. The molecule has 0 aromatic carbocycles. The molecule has 1 rings (SSSR count). The largest absolute Gasteiger partial charge is 0.465 e. The lowest BCUT2D eigenvalue weighted by atomic mass is 10.2. The van der Waals surface area contributed by atoms with Crippen LogP contribution in [0, 0.1) is 6.92 Å². The van der Waals surface area contributed by atoms with E-state index in [4.69, 9.17) is 9.47 Å². The molecular weight excluding hydrogens is 396 g/mol. The summed E-state index contributed by atoms with van der Waals surface area (Å²) in [7, 11) is 0. The minimum Gasteiger partial charge on any atom is -0.465 e. The predicted octanol–water partition coefficient (Wildman–Crippen LogP) is 0.152. The number of nitrogens with one attached hydrogen (secondary N) is 2. The first kappa shape index (κ1) is 24.9. The maximum absolute atomic E-state index is 12.6. The van der Waals surface area contributed by atoms with Gasteiger partial charge in [0.2, 0.25) is 5.91 Å². The van der Waals surface area contributed by atoms with Gasteiger partial charge in [0.1, 0.15) is 12.1 Å². The Morgan fingerprint density at radius 3 is 2.50 bits per heavy atom. The van der Waals surface area contributed by atoms with E-state index >= 15 is 0 Å². The minimum atomic E-state index is -0.660. The number of aromatic amines is 1. The number of carbonyl (C=O) groups excluding carboxylic acids is 3. The van der Waals surface area contributed by atoms with Gasteiger partial charge in [-0.1, -0.05) is 0 Å². The summed E-state index contributed by atoms with van der Waals surface area (Å²) in [5.41, 5.74) is -1.43. The highest BCUT2D eigenvalue weighted by atomic mass is 16.6. The number of nitrogens with zero attached hydrogens (tertiary/aromatic N) is 2. The van der Waals surface area contributed by atoms with Crippen molar-refractivity contribution in [2.24, 2.45) is 0 Å². The molecule has 0 saturated heterocycles. The lowest BCUT2D eigenvalue weighted by molar-refractivity contribution is -0.149. The molecular formula is C19H30N4O7. The van der Waals surface area contributed by atoms with Gasteiger partial charge in [0.15, 0.2) is 0 Å². The summed E-state index contributed by atoms with van der Waals surface area (Å²) in [5, 5.41) is 2.52. The van der Waals surface area contributed by atoms with Crippen LogP contribution in [0.5, 0.6) is 0 Å². The van der Waals surface area contributed by atoms with E-state index in [9.17, 15) is 24.0 Å². The van der Waals surface area contributed by atoms with Crippen molar-refractivity contribution in [2.75, 3.05) is 26.2 Å². The number of esters is 1. The average molecular weight is 426 g/mol. The van der Waals surface area contributed by atoms with Gasteiger partial charge in [0.25, 0.3) is 5.56 Å². The van der Waals surface area contributed by atoms with Crippen LogP contribution in [0.3, 0.4) is 0 Å². The van der Waals surface area contributed by atoms with E-state index < -0.39 is 34.8 Å². The first-order chi connectivity index (χ1) is 13.9. The Bertz CT molecular complexity index is 867.